The normalized spacial score (nSPS) is 28.2. The van der Waals surface area contributed by atoms with Crippen LogP contribution < -0.4 is 10.2 Å². The van der Waals surface area contributed by atoms with Gasteiger partial charge in [-0.2, -0.15) is 0 Å². The number of halogens is 1. The van der Waals surface area contributed by atoms with Crippen LogP contribution in [0.15, 0.2) is 37.2 Å². The molecule has 7 rings (SSSR count). The molecular formula is C23H23FN6. The molecule has 152 valence electrons. The molecule has 4 aliphatic rings. The van der Waals surface area contributed by atoms with Gasteiger partial charge in [-0.05, 0) is 62.6 Å². The standard InChI is InChI=1S/C23H23FN6/c1-14-19-13-26-20-2-3-21(28-30(19)20)29-9-5-15-11-23(15,29)17-10-16(24)12-25-18(17)4-6-22(27-14)7-8-22/h2-3,10,12-13,15,27H,1,4-9,11H2/t15-,23+/m0/s1. The third-order valence-electron chi connectivity index (χ3n) is 7.70. The van der Waals surface area contributed by atoms with Gasteiger partial charge in [0.05, 0.1) is 23.6 Å². The van der Waals surface area contributed by atoms with E-state index in [-0.39, 0.29) is 16.9 Å². The maximum atomic E-state index is 14.4. The van der Waals surface area contributed by atoms with E-state index in [9.17, 15) is 4.39 Å². The van der Waals surface area contributed by atoms with Crippen LogP contribution >= 0.6 is 0 Å². The van der Waals surface area contributed by atoms with Gasteiger partial charge in [-0.3, -0.25) is 4.98 Å². The molecule has 3 aromatic heterocycles. The molecule has 30 heavy (non-hydrogen) atoms. The van der Waals surface area contributed by atoms with Crippen molar-refractivity contribution in [2.45, 2.75) is 49.6 Å². The number of pyridine rings is 1. The van der Waals surface area contributed by atoms with Crippen LogP contribution in [-0.4, -0.2) is 31.7 Å². The Labute approximate surface area is 173 Å². The van der Waals surface area contributed by atoms with Crippen molar-refractivity contribution in [3.8, 4) is 0 Å². The van der Waals surface area contributed by atoms with E-state index < -0.39 is 0 Å². The molecule has 2 aliphatic heterocycles. The van der Waals surface area contributed by atoms with E-state index in [2.05, 4.69) is 26.8 Å². The average Bonchev–Trinajstić information content (AvgIpc) is 3.58. The zero-order chi connectivity index (χ0) is 20.1. The second-order valence-corrected chi connectivity index (χ2v) is 9.40. The van der Waals surface area contributed by atoms with Crippen molar-refractivity contribution in [1.29, 1.82) is 0 Å². The molecular weight excluding hydrogens is 379 g/mol. The van der Waals surface area contributed by atoms with Crippen LogP contribution in [0.25, 0.3) is 11.3 Å². The van der Waals surface area contributed by atoms with Gasteiger partial charge in [-0.15, -0.1) is 5.10 Å². The second-order valence-electron chi connectivity index (χ2n) is 9.40. The molecule has 1 N–H and O–H groups in total. The smallest absolute Gasteiger partial charge is 0.154 e. The lowest BCUT2D eigenvalue weighted by molar-refractivity contribution is 0.527. The van der Waals surface area contributed by atoms with E-state index in [4.69, 9.17) is 5.10 Å². The minimum absolute atomic E-state index is 0.0379. The monoisotopic (exact) mass is 402 g/mol. The Bertz CT molecular complexity index is 1230. The molecule has 0 radical (unpaired) electrons. The van der Waals surface area contributed by atoms with Crippen LogP contribution in [0, 0.1) is 11.7 Å². The Hall–Kier alpha value is -2.96. The summed E-state index contributed by atoms with van der Waals surface area (Å²) in [6.07, 6.45) is 9.38. The molecule has 3 aromatic rings. The Morgan fingerprint density at radius 2 is 2.07 bits per heavy atom. The van der Waals surface area contributed by atoms with Crippen LogP contribution in [0.4, 0.5) is 10.2 Å². The fourth-order valence-electron chi connectivity index (χ4n) is 5.85. The Kier molecular flexibility index (Phi) is 3.02. The first-order chi connectivity index (χ1) is 14.6. The summed E-state index contributed by atoms with van der Waals surface area (Å²) >= 11 is 0. The highest BCUT2D eigenvalue weighted by molar-refractivity contribution is 5.64. The van der Waals surface area contributed by atoms with Gasteiger partial charge < -0.3 is 10.2 Å². The molecule has 1 saturated heterocycles. The molecule has 0 unspecified atom stereocenters. The van der Waals surface area contributed by atoms with Crippen molar-refractivity contribution < 1.29 is 4.39 Å². The average molecular weight is 402 g/mol. The van der Waals surface area contributed by atoms with Crippen molar-refractivity contribution >= 4 is 17.2 Å². The molecule has 2 saturated carbocycles. The van der Waals surface area contributed by atoms with Gasteiger partial charge in [-0.25, -0.2) is 13.9 Å². The first-order valence-corrected chi connectivity index (χ1v) is 10.8. The Morgan fingerprint density at radius 1 is 1.17 bits per heavy atom. The third kappa shape index (κ3) is 2.15. The number of anilines is 1. The maximum absolute atomic E-state index is 14.4. The van der Waals surface area contributed by atoms with Crippen molar-refractivity contribution in [2.24, 2.45) is 5.92 Å². The highest BCUT2D eigenvalue weighted by Crippen LogP contribution is 2.64. The van der Waals surface area contributed by atoms with Crippen molar-refractivity contribution in [3.63, 3.8) is 0 Å². The molecule has 2 aliphatic carbocycles. The second kappa shape index (κ2) is 5.39. The molecule has 2 spiro atoms. The summed E-state index contributed by atoms with van der Waals surface area (Å²) in [6.45, 7) is 5.23. The topological polar surface area (TPSA) is 58.4 Å². The Balaban J connectivity index is 1.46. The summed E-state index contributed by atoms with van der Waals surface area (Å²) in [4.78, 5) is 11.5. The van der Waals surface area contributed by atoms with E-state index in [1.807, 2.05) is 22.8 Å². The quantitative estimate of drug-likeness (QED) is 0.624. The zero-order valence-corrected chi connectivity index (χ0v) is 16.7. The maximum Gasteiger partial charge on any atom is 0.154 e. The predicted octanol–water partition coefficient (Wildman–Crippen LogP) is 3.43. The van der Waals surface area contributed by atoms with Gasteiger partial charge in [-0.1, -0.05) is 6.58 Å². The number of nitrogens with one attached hydrogen (secondary N) is 1. The minimum atomic E-state index is -0.252. The molecule has 0 amide bonds. The lowest BCUT2D eigenvalue weighted by atomic mass is 9.96. The van der Waals surface area contributed by atoms with E-state index in [0.29, 0.717) is 5.92 Å². The molecule has 5 heterocycles. The third-order valence-corrected chi connectivity index (χ3v) is 7.70. The molecule has 0 aromatic carbocycles. The lowest BCUT2D eigenvalue weighted by Crippen LogP contribution is -2.35. The number of hydrogen-bond acceptors (Lipinski definition) is 5. The highest BCUT2D eigenvalue weighted by atomic mass is 19.1. The molecule has 6 nitrogen and oxygen atoms in total. The summed E-state index contributed by atoms with van der Waals surface area (Å²) in [5.74, 6) is 1.19. The number of nitrogens with zero attached hydrogens (tertiary/aromatic N) is 5. The van der Waals surface area contributed by atoms with Crippen molar-refractivity contribution in [1.82, 2.24) is 24.9 Å². The van der Waals surface area contributed by atoms with Crippen LogP contribution in [-0.2, 0) is 12.0 Å². The zero-order valence-electron chi connectivity index (χ0n) is 16.7. The SMILES string of the molecule is C=C1NC2(CCc3ncc(F)cc3[C@@]34C[C@@H]3CCN4c3ccc4ncc1n4n3)CC2. The van der Waals surface area contributed by atoms with E-state index >= 15 is 0 Å². The van der Waals surface area contributed by atoms with Crippen LogP contribution in [0.3, 0.4) is 0 Å². The van der Waals surface area contributed by atoms with Crippen LogP contribution in [0.2, 0.25) is 0 Å². The molecule has 7 heteroatoms. The van der Waals surface area contributed by atoms with Crippen LogP contribution in [0.1, 0.15) is 49.1 Å². The Morgan fingerprint density at radius 3 is 2.90 bits per heavy atom. The first-order valence-electron chi connectivity index (χ1n) is 10.8. The summed E-state index contributed by atoms with van der Waals surface area (Å²) in [6, 6.07) is 5.78. The first kappa shape index (κ1) is 16.8. The van der Waals surface area contributed by atoms with Gasteiger partial charge in [0, 0.05) is 23.3 Å². The summed E-state index contributed by atoms with van der Waals surface area (Å²) in [5.41, 5.74) is 4.52. The fourth-order valence-corrected chi connectivity index (χ4v) is 5.85. The number of hydrogen-bond donors (Lipinski definition) is 1. The van der Waals surface area contributed by atoms with E-state index in [1.165, 1.54) is 6.20 Å². The number of fused-ring (bicyclic) bond motifs is 3. The molecule has 2 bridgehead atoms. The number of rotatable bonds is 0. The van der Waals surface area contributed by atoms with E-state index in [1.54, 1.807) is 6.07 Å². The van der Waals surface area contributed by atoms with Gasteiger partial charge in [0.15, 0.2) is 5.65 Å². The van der Waals surface area contributed by atoms with Crippen LogP contribution in [0.5, 0.6) is 0 Å². The van der Waals surface area contributed by atoms with Gasteiger partial charge in [0.25, 0.3) is 0 Å². The highest BCUT2D eigenvalue weighted by Gasteiger charge is 2.64. The van der Waals surface area contributed by atoms with Gasteiger partial charge in [0.1, 0.15) is 17.3 Å². The largest absolute Gasteiger partial charge is 0.378 e. The molecule has 2 atom stereocenters. The van der Waals surface area contributed by atoms with Gasteiger partial charge in [0.2, 0.25) is 0 Å². The minimum Gasteiger partial charge on any atom is -0.378 e. The lowest BCUT2D eigenvalue weighted by Gasteiger charge is -2.31. The molecule has 3 fully saturated rings. The number of imidazole rings is 1. The van der Waals surface area contributed by atoms with E-state index in [0.717, 1.165) is 79.2 Å². The van der Waals surface area contributed by atoms with Gasteiger partial charge >= 0.3 is 0 Å². The number of piperidine rings is 1. The summed E-state index contributed by atoms with van der Waals surface area (Å²) < 4.78 is 16.3. The fraction of sp³-hybridized carbons (Fsp3) is 0.435. The van der Waals surface area contributed by atoms with Crippen molar-refractivity contribution in [2.75, 3.05) is 11.4 Å². The predicted molar refractivity (Wildman–Crippen MR) is 111 cm³/mol. The summed E-state index contributed by atoms with van der Waals surface area (Å²) in [7, 11) is 0. The summed E-state index contributed by atoms with van der Waals surface area (Å²) in [5, 5.41) is 8.64. The number of aromatic nitrogens is 4. The number of aryl methyl sites for hydroxylation is 1. The van der Waals surface area contributed by atoms with Crippen molar-refractivity contribution in [3.05, 3.63) is 59.9 Å².